The van der Waals surface area contributed by atoms with Crippen molar-refractivity contribution in [1.29, 1.82) is 0 Å². The molecule has 1 aliphatic heterocycles. The molecule has 10 heteroatoms. The fraction of sp³-hybridized carbons (Fsp3) is 0.357. The van der Waals surface area contributed by atoms with Crippen LogP contribution in [0.1, 0.15) is 42.8 Å². The molecule has 8 nitrogen and oxygen atoms in total. The van der Waals surface area contributed by atoms with Crippen LogP contribution >= 0.6 is 11.3 Å². The largest absolute Gasteiger partial charge is 0.497 e. The Morgan fingerprint density at radius 2 is 1.79 bits per heavy atom. The number of nitrogens with one attached hydrogen (secondary N) is 1. The molecule has 0 bridgehead atoms. The van der Waals surface area contributed by atoms with E-state index in [1.807, 2.05) is 49.6 Å². The van der Waals surface area contributed by atoms with E-state index in [-0.39, 0.29) is 41.8 Å². The van der Waals surface area contributed by atoms with Gasteiger partial charge in [0.2, 0.25) is 21.8 Å². The Bertz CT molecular complexity index is 1380. The predicted octanol–water partition coefficient (Wildman–Crippen LogP) is 4.54. The number of carbonyl (C=O) groups excluding carboxylic acids is 2. The zero-order chi connectivity index (χ0) is 27.4. The van der Waals surface area contributed by atoms with E-state index < -0.39 is 10.0 Å². The van der Waals surface area contributed by atoms with Crippen LogP contribution in [-0.4, -0.2) is 56.2 Å². The number of fused-ring (bicyclic) bond motifs is 1. The quantitative estimate of drug-likeness (QED) is 0.418. The van der Waals surface area contributed by atoms with Crippen molar-refractivity contribution in [3.63, 3.8) is 0 Å². The number of hydrogen-bond acceptors (Lipinski definition) is 6. The summed E-state index contributed by atoms with van der Waals surface area (Å²) in [6.07, 6.45) is 0.729. The van der Waals surface area contributed by atoms with Crippen molar-refractivity contribution in [2.45, 2.75) is 38.1 Å². The Hall–Kier alpha value is -3.21. The van der Waals surface area contributed by atoms with Gasteiger partial charge in [-0.05, 0) is 71.3 Å². The zero-order valence-corrected chi connectivity index (χ0v) is 23.6. The van der Waals surface area contributed by atoms with Gasteiger partial charge in [-0.2, -0.15) is 4.31 Å². The van der Waals surface area contributed by atoms with Crippen LogP contribution in [0, 0.1) is 5.92 Å². The third-order valence-corrected chi connectivity index (χ3v) is 9.23. The summed E-state index contributed by atoms with van der Waals surface area (Å²) in [6.45, 7) is 5.67. The standard InChI is InChI=1S/C28H33N3O5S2/c1-19(2)17-30(38(34,35)24-11-7-22(8-12-24)29-20(3)32)18-27(33)31-15-13-26-25(14-16-37-26)28(31)21-5-9-23(36-4)10-6-21/h5-12,14,16,19,28H,13,15,17-18H2,1-4H3,(H,29,32). The molecule has 202 valence electrons. The van der Waals surface area contributed by atoms with Gasteiger partial charge in [-0.3, -0.25) is 9.59 Å². The number of hydrogen-bond donors (Lipinski definition) is 1. The molecule has 1 N–H and O–H groups in total. The first-order chi connectivity index (χ1) is 18.1. The second-order valence-corrected chi connectivity index (χ2v) is 12.6. The number of rotatable bonds is 9. The van der Waals surface area contributed by atoms with Gasteiger partial charge in [0, 0.05) is 30.6 Å². The van der Waals surface area contributed by atoms with Crippen LogP contribution in [0.4, 0.5) is 5.69 Å². The molecule has 0 spiro atoms. The number of methoxy groups -OCH3 is 1. The molecular formula is C28H33N3O5S2. The fourth-order valence-electron chi connectivity index (χ4n) is 4.69. The number of anilines is 1. The number of thiophene rings is 1. The number of benzene rings is 2. The lowest BCUT2D eigenvalue weighted by molar-refractivity contribution is -0.133. The Labute approximate surface area is 228 Å². The van der Waals surface area contributed by atoms with Gasteiger partial charge in [0.15, 0.2) is 0 Å². The normalized spacial score (nSPS) is 15.4. The number of sulfonamides is 1. The van der Waals surface area contributed by atoms with E-state index in [0.29, 0.717) is 12.2 Å². The van der Waals surface area contributed by atoms with Crippen LogP contribution in [0.15, 0.2) is 64.9 Å². The first-order valence-electron chi connectivity index (χ1n) is 12.5. The van der Waals surface area contributed by atoms with E-state index in [1.54, 1.807) is 35.5 Å². The zero-order valence-electron chi connectivity index (χ0n) is 22.0. The SMILES string of the molecule is COc1ccc(C2c3ccsc3CCN2C(=O)CN(CC(C)C)S(=O)(=O)c2ccc(NC(C)=O)cc2)cc1. The van der Waals surface area contributed by atoms with Gasteiger partial charge in [0.1, 0.15) is 5.75 Å². The van der Waals surface area contributed by atoms with E-state index in [4.69, 9.17) is 4.74 Å². The van der Waals surface area contributed by atoms with Crippen LogP contribution in [0.25, 0.3) is 0 Å². The lowest BCUT2D eigenvalue weighted by atomic mass is 9.93. The topological polar surface area (TPSA) is 96.0 Å². The first-order valence-corrected chi connectivity index (χ1v) is 14.8. The molecule has 0 aliphatic carbocycles. The summed E-state index contributed by atoms with van der Waals surface area (Å²) in [5, 5.41) is 4.68. The summed E-state index contributed by atoms with van der Waals surface area (Å²) in [5.74, 6) is 0.251. The molecule has 4 rings (SSSR count). The number of ether oxygens (including phenoxy) is 1. The Kier molecular flexibility index (Phi) is 8.54. The van der Waals surface area contributed by atoms with Gasteiger partial charge in [-0.15, -0.1) is 11.3 Å². The third-order valence-electron chi connectivity index (χ3n) is 6.41. The first kappa shape index (κ1) is 27.8. The van der Waals surface area contributed by atoms with Crippen LogP contribution in [0.3, 0.4) is 0 Å². The summed E-state index contributed by atoms with van der Waals surface area (Å²) in [6, 6.07) is 15.4. The van der Waals surface area contributed by atoms with Crippen molar-refractivity contribution in [2.24, 2.45) is 5.92 Å². The number of carbonyl (C=O) groups is 2. The lowest BCUT2D eigenvalue weighted by Gasteiger charge is -2.37. The van der Waals surface area contributed by atoms with E-state index in [0.717, 1.165) is 23.3 Å². The number of amides is 2. The molecule has 3 aromatic rings. The van der Waals surface area contributed by atoms with Crippen LogP contribution in [0.2, 0.25) is 0 Å². The van der Waals surface area contributed by atoms with Crippen molar-refractivity contribution in [2.75, 3.05) is 32.1 Å². The molecule has 38 heavy (non-hydrogen) atoms. The molecule has 1 aliphatic rings. The van der Waals surface area contributed by atoms with Crippen molar-refractivity contribution in [3.8, 4) is 5.75 Å². The molecule has 2 amide bonds. The monoisotopic (exact) mass is 555 g/mol. The second-order valence-electron chi connectivity index (χ2n) is 9.71. The molecule has 0 fully saturated rings. The highest BCUT2D eigenvalue weighted by Gasteiger charge is 2.36. The molecule has 0 radical (unpaired) electrons. The highest BCUT2D eigenvalue weighted by molar-refractivity contribution is 7.89. The maximum atomic E-state index is 13.8. The molecule has 0 saturated carbocycles. The summed E-state index contributed by atoms with van der Waals surface area (Å²) < 4.78 is 33.9. The minimum atomic E-state index is -3.96. The molecule has 1 unspecified atom stereocenters. The Morgan fingerprint density at radius 3 is 2.39 bits per heavy atom. The smallest absolute Gasteiger partial charge is 0.243 e. The van der Waals surface area contributed by atoms with Crippen molar-refractivity contribution in [1.82, 2.24) is 9.21 Å². The van der Waals surface area contributed by atoms with Crippen molar-refractivity contribution < 1.29 is 22.7 Å². The summed E-state index contributed by atoms with van der Waals surface area (Å²) >= 11 is 1.68. The maximum Gasteiger partial charge on any atom is 0.243 e. The van der Waals surface area contributed by atoms with Crippen molar-refractivity contribution >= 4 is 38.9 Å². The highest BCUT2D eigenvalue weighted by atomic mass is 32.2. The molecule has 1 aromatic heterocycles. The van der Waals surface area contributed by atoms with Crippen molar-refractivity contribution in [3.05, 3.63) is 76.0 Å². The van der Waals surface area contributed by atoms with E-state index in [9.17, 15) is 18.0 Å². The average Bonchev–Trinajstić information content (AvgIpc) is 3.36. The minimum absolute atomic E-state index is 0.0124. The minimum Gasteiger partial charge on any atom is -0.497 e. The molecule has 0 saturated heterocycles. The van der Waals surface area contributed by atoms with E-state index in [2.05, 4.69) is 5.32 Å². The predicted molar refractivity (Wildman–Crippen MR) is 149 cm³/mol. The summed E-state index contributed by atoms with van der Waals surface area (Å²) in [4.78, 5) is 28.3. The van der Waals surface area contributed by atoms with Crippen LogP contribution in [0.5, 0.6) is 5.75 Å². The van der Waals surface area contributed by atoms with Gasteiger partial charge < -0.3 is 15.0 Å². The Balaban J connectivity index is 1.63. The van der Waals surface area contributed by atoms with Crippen LogP contribution in [-0.2, 0) is 26.0 Å². The third kappa shape index (κ3) is 6.09. The lowest BCUT2D eigenvalue weighted by Crippen LogP contribution is -2.47. The van der Waals surface area contributed by atoms with E-state index >= 15 is 0 Å². The maximum absolute atomic E-state index is 13.8. The van der Waals surface area contributed by atoms with Gasteiger partial charge in [-0.25, -0.2) is 8.42 Å². The fourth-order valence-corrected chi connectivity index (χ4v) is 7.15. The Morgan fingerprint density at radius 1 is 1.11 bits per heavy atom. The average molecular weight is 556 g/mol. The van der Waals surface area contributed by atoms with Gasteiger partial charge >= 0.3 is 0 Å². The molecule has 1 atom stereocenters. The van der Waals surface area contributed by atoms with Gasteiger partial charge in [0.05, 0.1) is 24.6 Å². The summed E-state index contributed by atoms with van der Waals surface area (Å²) in [5.41, 5.74) is 2.53. The molecular weight excluding hydrogens is 522 g/mol. The highest BCUT2D eigenvalue weighted by Crippen LogP contribution is 2.38. The van der Waals surface area contributed by atoms with Gasteiger partial charge in [0.25, 0.3) is 0 Å². The number of nitrogens with zero attached hydrogens (tertiary/aromatic N) is 2. The van der Waals surface area contributed by atoms with E-state index in [1.165, 1.54) is 28.2 Å². The van der Waals surface area contributed by atoms with Gasteiger partial charge in [-0.1, -0.05) is 26.0 Å². The summed E-state index contributed by atoms with van der Waals surface area (Å²) in [7, 11) is -2.35. The molecule has 2 aromatic carbocycles. The molecule has 2 heterocycles. The van der Waals surface area contributed by atoms with Crippen LogP contribution < -0.4 is 10.1 Å². The second kappa shape index (κ2) is 11.7.